The van der Waals surface area contributed by atoms with Crippen molar-refractivity contribution >= 4 is 10.2 Å². The molecule has 0 aromatic carbocycles. The van der Waals surface area contributed by atoms with Crippen LogP contribution in [0.1, 0.15) is 0 Å². The van der Waals surface area contributed by atoms with E-state index < -0.39 is 0 Å². The Balaban J connectivity index is 0. The number of thiocyanates is 1. The third-order valence-electron chi connectivity index (χ3n) is 0.0304. The summed E-state index contributed by atoms with van der Waals surface area (Å²) in [5, 5.41) is 9.22. The molecule has 0 heterocycles. The van der Waals surface area contributed by atoms with E-state index in [1.165, 1.54) is 0 Å². The molecule has 0 atom stereocenters. The molecular weight excluding hydrogens is 131 g/mol. The Hall–Kier alpha value is 0.306. The number of rotatable bonds is 0. The molecule has 0 radical (unpaired) electrons. The normalized spacial score (nSPS) is 4.20. The van der Waals surface area contributed by atoms with Gasteiger partial charge in [-0.25, -0.2) is 0 Å². The van der Waals surface area contributed by atoms with E-state index in [9.17, 15) is 0 Å². The Morgan fingerprint density at radius 3 is 2.00 bits per heavy atom. The molecule has 0 aromatic heterocycles. The van der Waals surface area contributed by atoms with Crippen molar-refractivity contribution in [2.24, 2.45) is 0 Å². The first-order valence-electron chi connectivity index (χ1n) is 0.564. The second kappa shape index (κ2) is 8.85. The predicted molar refractivity (Wildman–Crippen MR) is 18.2 cm³/mol. The Kier molecular flexibility index (Phi) is 15.9. The zero-order chi connectivity index (χ0) is 3.41. The average molecular weight is 134 g/mol. The summed E-state index contributed by atoms with van der Waals surface area (Å²) in [4.78, 5) is 0. The molecule has 3 N–H and O–H groups in total. The molecule has 0 aliphatic carbocycles. The van der Waals surface area contributed by atoms with E-state index in [1.807, 2.05) is 0 Å². The maximum absolute atomic E-state index is 7.51. The molecule has 0 saturated carbocycles. The van der Waals surface area contributed by atoms with Gasteiger partial charge in [0.25, 0.3) is 0 Å². The standard InChI is InChI=1S/CHNS.Co.H3N/c2-1-3;;/h3H;;1H3/q;+1;/p-1. The van der Waals surface area contributed by atoms with Crippen LogP contribution in [0.4, 0.5) is 0 Å². The van der Waals surface area contributed by atoms with Crippen LogP contribution in [-0.2, 0) is 14.6 Å². The second-order valence-corrected chi connectivity index (χ2v) is 1.12. The van der Waals surface area contributed by atoms with Gasteiger partial charge in [0, 0.05) is 0 Å². The molecule has 0 aliphatic rings. The van der Waals surface area contributed by atoms with Crippen LogP contribution in [0.3, 0.4) is 0 Å². The van der Waals surface area contributed by atoms with Crippen molar-refractivity contribution in [3.05, 3.63) is 0 Å². The van der Waals surface area contributed by atoms with Gasteiger partial charge in [-0.1, -0.05) is 0 Å². The summed E-state index contributed by atoms with van der Waals surface area (Å²) in [5.74, 6) is 0. The second-order valence-electron chi connectivity index (χ2n) is 0.159. The molecule has 0 aromatic rings. The van der Waals surface area contributed by atoms with Gasteiger partial charge in [-0.2, -0.15) is 0 Å². The van der Waals surface area contributed by atoms with Crippen LogP contribution >= 0.6 is 10.2 Å². The minimum absolute atomic E-state index is 0. The predicted octanol–water partition coefficient (Wildman–Crippen LogP) is 0.824. The maximum atomic E-state index is 7.51. The van der Waals surface area contributed by atoms with E-state index in [-0.39, 0.29) is 6.15 Å². The topological polar surface area (TPSA) is 58.8 Å². The van der Waals surface area contributed by atoms with E-state index in [0.717, 1.165) is 10.2 Å². The Labute approximate surface area is 42.2 Å². The first-order chi connectivity index (χ1) is 1.91. The molecule has 2 nitrogen and oxygen atoms in total. The number of nitrogens with zero attached hydrogens (tertiary/aromatic N) is 1. The zero-order valence-electron chi connectivity index (χ0n) is 2.40. The van der Waals surface area contributed by atoms with E-state index in [4.69, 9.17) is 5.26 Å². The number of hydrogen-bond donors (Lipinski definition) is 1. The number of nitriles is 1. The van der Waals surface area contributed by atoms with Crippen LogP contribution < -0.4 is 6.15 Å². The number of hydrogen-bond acceptors (Lipinski definition) is 3. The quantitative estimate of drug-likeness (QED) is 0.499. The van der Waals surface area contributed by atoms with Crippen LogP contribution in [0.2, 0.25) is 0 Å². The van der Waals surface area contributed by atoms with Crippen LogP contribution in [0.5, 0.6) is 0 Å². The summed E-state index contributed by atoms with van der Waals surface area (Å²) in [6.45, 7) is 0. The van der Waals surface area contributed by atoms with Gasteiger partial charge in [0.2, 0.25) is 0 Å². The summed E-state index contributed by atoms with van der Waals surface area (Å²) in [7, 11) is 0.850. The van der Waals surface area contributed by atoms with Gasteiger partial charge in [0.05, 0.1) is 0 Å². The van der Waals surface area contributed by atoms with Gasteiger partial charge in [0.1, 0.15) is 0 Å². The van der Waals surface area contributed by atoms with Crippen molar-refractivity contribution in [2.45, 2.75) is 0 Å². The molecule has 0 bridgehead atoms. The van der Waals surface area contributed by atoms with Crippen molar-refractivity contribution in [3.63, 3.8) is 0 Å². The third kappa shape index (κ3) is 13.4. The summed E-state index contributed by atoms with van der Waals surface area (Å²) in [5.41, 5.74) is 0. The Bertz CT molecular complexity index is 39.4. The average Bonchev–Trinajstić information content (AvgIpc) is 1.37. The SMILES string of the molecule is N.N#C[S][Co]. The van der Waals surface area contributed by atoms with Crippen LogP contribution in [0, 0.1) is 10.7 Å². The fourth-order valence-electron chi connectivity index (χ4n) is 0. The van der Waals surface area contributed by atoms with Crippen molar-refractivity contribution in [1.82, 2.24) is 6.15 Å². The zero-order valence-corrected chi connectivity index (χ0v) is 4.25. The van der Waals surface area contributed by atoms with E-state index in [2.05, 4.69) is 14.6 Å². The minimum atomic E-state index is 0. The van der Waals surface area contributed by atoms with Crippen LogP contribution in [-0.4, -0.2) is 0 Å². The van der Waals surface area contributed by atoms with E-state index in [0.29, 0.717) is 0 Å². The molecule has 0 amide bonds. The van der Waals surface area contributed by atoms with Gasteiger partial charge < -0.3 is 6.15 Å². The summed E-state index contributed by atoms with van der Waals surface area (Å²) in [6, 6.07) is 0. The fraction of sp³-hybridized carbons (Fsp3) is 0. The van der Waals surface area contributed by atoms with Gasteiger partial charge in [-0.05, 0) is 0 Å². The van der Waals surface area contributed by atoms with Gasteiger partial charge in [0.15, 0.2) is 0 Å². The first kappa shape index (κ1) is 9.00. The van der Waals surface area contributed by atoms with Gasteiger partial charge in [-0.15, -0.1) is 0 Å². The van der Waals surface area contributed by atoms with Gasteiger partial charge in [-0.3, -0.25) is 0 Å². The van der Waals surface area contributed by atoms with E-state index in [1.54, 1.807) is 5.40 Å². The summed E-state index contributed by atoms with van der Waals surface area (Å²) < 4.78 is 0. The molecule has 0 aliphatic heterocycles. The summed E-state index contributed by atoms with van der Waals surface area (Å²) in [6.07, 6.45) is 0. The molecule has 0 saturated heterocycles. The molecule has 0 rings (SSSR count). The Morgan fingerprint density at radius 2 is 2.00 bits per heavy atom. The van der Waals surface area contributed by atoms with Crippen LogP contribution in [0.15, 0.2) is 0 Å². The van der Waals surface area contributed by atoms with Crippen molar-refractivity contribution in [2.75, 3.05) is 0 Å². The molecule has 0 unspecified atom stereocenters. The Morgan fingerprint density at radius 1 is 1.80 bits per heavy atom. The third-order valence-corrected chi connectivity index (χ3v) is 0.376. The van der Waals surface area contributed by atoms with Crippen molar-refractivity contribution in [1.29, 1.82) is 5.26 Å². The molecule has 0 fully saturated rings. The van der Waals surface area contributed by atoms with Gasteiger partial charge >= 0.3 is 35.5 Å². The van der Waals surface area contributed by atoms with Crippen molar-refractivity contribution in [3.8, 4) is 5.40 Å². The van der Waals surface area contributed by atoms with Crippen molar-refractivity contribution < 1.29 is 14.6 Å². The van der Waals surface area contributed by atoms with E-state index >= 15 is 0 Å². The molecule has 32 valence electrons. The molecule has 4 heteroatoms. The molecule has 5 heavy (non-hydrogen) atoms. The monoisotopic (exact) mass is 134 g/mol. The fourth-order valence-corrected chi connectivity index (χ4v) is 0. The van der Waals surface area contributed by atoms with Crippen LogP contribution in [0.25, 0.3) is 0 Å². The molecule has 0 spiro atoms. The first-order valence-corrected chi connectivity index (χ1v) is 2.52. The molecular formula is CH3CoN2S. The summed E-state index contributed by atoms with van der Waals surface area (Å²) >= 11 is 3.52.